The van der Waals surface area contributed by atoms with E-state index >= 15 is 0 Å². The Morgan fingerprint density at radius 1 is 0.765 bits per heavy atom. The summed E-state index contributed by atoms with van der Waals surface area (Å²) in [5.74, 6) is -1.74. The van der Waals surface area contributed by atoms with Crippen molar-refractivity contribution in [3.05, 3.63) is 42.0 Å². The van der Waals surface area contributed by atoms with Gasteiger partial charge in [0.05, 0.1) is 0 Å². The van der Waals surface area contributed by atoms with Crippen LogP contribution in [0.3, 0.4) is 0 Å². The van der Waals surface area contributed by atoms with Crippen LogP contribution in [0.25, 0.3) is 0 Å². The van der Waals surface area contributed by atoms with E-state index in [-0.39, 0.29) is 54.5 Å². The van der Waals surface area contributed by atoms with Gasteiger partial charge in [-0.3, -0.25) is 33.7 Å². The fraction of sp³-hybridized carbons (Fsp3) is 0.595. The molecule has 0 saturated carbocycles. The molecule has 0 unspecified atom stereocenters. The van der Waals surface area contributed by atoms with Crippen LogP contribution in [-0.4, -0.2) is 78.2 Å². The summed E-state index contributed by atoms with van der Waals surface area (Å²) >= 11 is 0. The molecule has 0 radical (unpaired) electrons. The predicted octanol–water partition coefficient (Wildman–Crippen LogP) is 3.56. The number of amides is 7. The van der Waals surface area contributed by atoms with Gasteiger partial charge in [-0.15, -0.1) is 0 Å². The fourth-order valence-corrected chi connectivity index (χ4v) is 4.85. The minimum absolute atomic E-state index is 0.00378. The highest BCUT2D eigenvalue weighted by Crippen LogP contribution is 2.31. The molecule has 5 N–H and O–H groups in total. The number of hydrogen-bond acceptors (Lipinski definition) is 8. The molecule has 0 fully saturated rings. The molecule has 1 aromatic carbocycles. The molecular weight excluding hydrogens is 656 g/mol. The Kier molecular flexibility index (Phi) is 17.3. The number of anilines is 1. The molecule has 0 spiro atoms. The van der Waals surface area contributed by atoms with Gasteiger partial charge < -0.3 is 31.3 Å². The summed E-state index contributed by atoms with van der Waals surface area (Å²) < 4.78 is 5.23. The van der Waals surface area contributed by atoms with Gasteiger partial charge in [-0.25, -0.2) is 4.79 Å². The first-order valence-corrected chi connectivity index (χ1v) is 17.7. The molecule has 7 amide bonds. The van der Waals surface area contributed by atoms with Crippen molar-refractivity contribution in [1.82, 2.24) is 26.2 Å². The molecule has 1 aliphatic heterocycles. The molecule has 0 aliphatic carbocycles. The maximum atomic E-state index is 13.0. The second-order valence-electron chi connectivity index (χ2n) is 14.2. The topological polar surface area (TPSA) is 192 Å². The highest BCUT2D eigenvalue weighted by molar-refractivity contribution is 6.12. The average Bonchev–Trinajstić information content (AvgIpc) is 3.39. The number of carbonyl (C=O) groups is 7. The van der Waals surface area contributed by atoms with E-state index in [1.54, 1.807) is 38.1 Å². The molecule has 0 saturated heterocycles. The molecule has 282 valence electrons. The Labute approximate surface area is 301 Å². The van der Waals surface area contributed by atoms with E-state index in [1.165, 1.54) is 19.1 Å². The van der Waals surface area contributed by atoms with Crippen LogP contribution in [0.2, 0.25) is 0 Å². The summed E-state index contributed by atoms with van der Waals surface area (Å²) in [6.45, 7) is 14.5. The van der Waals surface area contributed by atoms with Gasteiger partial charge in [-0.1, -0.05) is 60.1 Å². The summed E-state index contributed by atoms with van der Waals surface area (Å²) in [6, 6.07) is 4.93. The molecule has 0 bridgehead atoms. The van der Waals surface area contributed by atoms with E-state index in [4.69, 9.17) is 4.74 Å². The molecular formula is C37H56N6O8. The number of unbranched alkanes of at least 4 members (excludes halogenated alkanes) is 2. The van der Waals surface area contributed by atoms with Crippen molar-refractivity contribution in [2.75, 3.05) is 25.0 Å². The van der Waals surface area contributed by atoms with Crippen molar-refractivity contribution in [3.63, 3.8) is 0 Å². The minimum atomic E-state index is -0.899. The van der Waals surface area contributed by atoms with Crippen LogP contribution in [0, 0.1) is 17.3 Å². The SMILES string of the molecule is CC(C)[C@H](NC(=O)CCCCCN1C(=O)C=CC1=O)C(=O)N[C@@H](C)C(=O)Nc1ccc(COC(=O)NCCNC(=O)CCC(C)(C)C(C)C)cc1. The third-order valence-corrected chi connectivity index (χ3v) is 9.07. The third-order valence-electron chi connectivity index (χ3n) is 9.07. The van der Waals surface area contributed by atoms with Crippen molar-refractivity contribution in [3.8, 4) is 0 Å². The van der Waals surface area contributed by atoms with E-state index in [1.807, 2.05) is 0 Å². The fourth-order valence-electron chi connectivity index (χ4n) is 4.85. The summed E-state index contributed by atoms with van der Waals surface area (Å²) in [4.78, 5) is 86.9. The highest BCUT2D eigenvalue weighted by Gasteiger charge is 2.27. The smallest absolute Gasteiger partial charge is 0.407 e. The van der Waals surface area contributed by atoms with Gasteiger partial charge >= 0.3 is 6.09 Å². The maximum absolute atomic E-state index is 13.0. The summed E-state index contributed by atoms with van der Waals surface area (Å²) in [7, 11) is 0. The number of nitrogens with one attached hydrogen (secondary N) is 5. The van der Waals surface area contributed by atoms with Gasteiger partial charge in [0, 0.05) is 50.3 Å². The number of imide groups is 1. The Morgan fingerprint density at radius 3 is 2.00 bits per heavy atom. The van der Waals surface area contributed by atoms with Gasteiger partial charge in [0.1, 0.15) is 18.7 Å². The van der Waals surface area contributed by atoms with Gasteiger partial charge in [0.25, 0.3) is 11.8 Å². The van der Waals surface area contributed by atoms with Crippen LogP contribution >= 0.6 is 0 Å². The first-order chi connectivity index (χ1) is 24.0. The predicted molar refractivity (Wildman–Crippen MR) is 193 cm³/mol. The first-order valence-electron chi connectivity index (χ1n) is 17.7. The van der Waals surface area contributed by atoms with Crippen molar-refractivity contribution < 1.29 is 38.3 Å². The zero-order valence-corrected chi connectivity index (χ0v) is 31.1. The molecule has 1 heterocycles. The minimum Gasteiger partial charge on any atom is -0.445 e. The zero-order chi connectivity index (χ0) is 38.1. The molecule has 14 nitrogen and oxygen atoms in total. The molecule has 14 heteroatoms. The number of rotatable bonds is 21. The van der Waals surface area contributed by atoms with Crippen LogP contribution in [0.4, 0.5) is 10.5 Å². The summed E-state index contributed by atoms with van der Waals surface area (Å²) in [6.07, 6.45) is 4.96. The highest BCUT2D eigenvalue weighted by atomic mass is 16.5. The van der Waals surface area contributed by atoms with Gasteiger partial charge in [0.2, 0.25) is 23.6 Å². The first kappa shape index (κ1) is 42.4. The van der Waals surface area contributed by atoms with Gasteiger partial charge in [-0.05, 0) is 61.1 Å². The number of hydrogen-bond donors (Lipinski definition) is 5. The molecule has 0 aromatic heterocycles. The monoisotopic (exact) mass is 712 g/mol. The van der Waals surface area contributed by atoms with Crippen LogP contribution in [0.1, 0.15) is 92.6 Å². The standard InChI is InChI=1S/C37H56N6O8/c1-24(2)33(42-30(45)11-9-8-10-22-43-31(46)16-17-32(43)47)35(49)40-26(5)34(48)41-28-14-12-27(13-15-28)23-51-36(50)39-21-20-38-29(44)18-19-37(6,7)25(3)4/h12-17,24-26,33H,8-11,18-23H2,1-7H3,(H,38,44)(H,39,50)(H,40,49)(H,41,48)(H,42,45)/t26-,33-/m0/s1. The quantitative estimate of drug-likeness (QED) is 0.0944. The summed E-state index contributed by atoms with van der Waals surface area (Å²) in [5, 5.41) is 13.5. The lowest BCUT2D eigenvalue weighted by Gasteiger charge is -2.28. The summed E-state index contributed by atoms with van der Waals surface area (Å²) in [5.41, 5.74) is 1.24. The number of carbonyl (C=O) groups excluding carboxylic acids is 7. The lowest BCUT2D eigenvalue weighted by molar-refractivity contribution is -0.137. The number of nitrogens with zero attached hydrogens (tertiary/aromatic N) is 1. The zero-order valence-electron chi connectivity index (χ0n) is 31.1. The van der Waals surface area contributed by atoms with E-state index < -0.39 is 30.0 Å². The van der Waals surface area contributed by atoms with E-state index in [9.17, 15) is 33.6 Å². The molecule has 2 rings (SSSR count). The largest absolute Gasteiger partial charge is 0.445 e. The number of ether oxygens (including phenoxy) is 1. The van der Waals surface area contributed by atoms with Crippen LogP contribution in [0.15, 0.2) is 36.4 Å². The molecule has 2 atom stereocenters. The van der Waals surface area contributed by atoms with Crippen molar-refractivity contribution in [1.29, 1.82) is 0 Å². The number of alkyl carbamates (subject to hydrolysis) is 1. The van der Waals surface area contributed by atoms with Crippen LogP contribution in [0.5, 0.6) is 0 Å². The lowest BCUT2D eigenvalue weighted by Crippen LogP contribution is -2.53. The second kappa shape index (κ2) is 20.8. The Hall–Kier alpha value is -4.75. The van der Waals surface area contributed by atoms with Crippen molar-refractivity contribution in [2.45, 2.75) is 106 Å². The van der Waals surface area contributed by atoms with E-state index in [0.717, 1.165) is 11.3 Å². The Morgan fingerprint density at radius 2 is 1.39 bits per heavy atom. The van der Waals surface area contributed by atoms with E-state index in [2.05, 4.69) is 54.3 Å². The third kappa shape index (κ3) is 15.4. The van der Waals surface area contributed by atoms with Crippen LogP contribution in [-0.2, 0) is 40.1 Å². The van der Waals surface area contributed by atoms with Crippen molar-refractivity contribution >= 4 is 47.2 Å². The van der Waals surface area contributed by atoms with Crippen molar-refractivity contribution in [2.24, 2.45) is 17.3 Å². The van der Waals surface area contributed by atoms with Gasteiger partial charge in [0.15, 0.2) is 0 Å². The van der Waals surface area contributed by atoms with E-state index in [0.29, 0.717) is 55.9 Å². The Balaban J connectivity index is 1.67. The second-order valence-corrected chi connectivity index (χ2v) is 14.2. The molecule has 1 aromatic rings. The normalized spacial score (nSPS) is 13.9. The Bertz CT molecular complexity index is 1390. The average molecular weight is 713 g/mol. The lowest BCUT2D eigenvalue weighted by atomic mass is 9.77. The number of benzene rings is 1. The molecule has 51 heavy (non-hydrogen) atoms. The van der Waals surface area contributed by atoms with Gasteiger partial charge in [-0.2, -0.15) is 0 Å². The molecule has 1 aliphatic rings. The van der Waals surface area contributed by atoms with Crippen LogP contribution < -0.4 is 26.6 Å². The maximum Gasteiger partial charge on any atom is 0.407 e.